The summed E-state index contributed by atoms with van der Waals surface area (Å²) < 4.78 is 0. The van der Waals surface area contributed by atoms with E-state index in [1.54, 1.807) is 0 Å². The number of aliphatic hydroxyl groups is 1. The van der Waals surface area contributed by atoms with Crippen molar-refractivity contribution in [3.8, 4) is 0 Å². The highest BCUT2D eigenvalue weighted by atomic mass is 16.3. The van der Waals surface area contributed by atoms with Crippen molar-refractivity contribution in [3.05, 3.63) is 0 Å². The largest absolute Gasteiger partial charge is 0.391 e. The first-order chi connectivity index (χ1) is 5.34. The van der Waals surface area contributed by atoms with Gasteiger partial charge < -0.3 is 10.4 Å². The van der Waals surface area contributed by atoms with Gasteiger partial charge in [0.15, 0.2) is 0 Å². The molecule has 2 atom stereocenters. The van der Waals surface area contributed by atoms with Crippen LogP contribution in [0.3, 0.4) is 0 Å². The first-order valence-corrected chi connectivity index (χ1v) is 4.73. The fraction of sp³-hybridized carbons (Fsp3) is 1.00. The minimum Gasteiger partial charge on any atom is -0.391 e. The van der Waals surface area contributed by atoms with Crippen LogP contribution in [0, 0.1) is 5.92 Å². The van der Waals surface area contributed by atoms with Crippen LogP contribution in [0.4, 0.5) is 0 Å². The summed E-state index contributed by atoms with van der Waals surface area (Å²) in [6.07, 6.45) is 4.98. The minimum absolute atomic E-state index is 0.0770. The van der Waals surface area contributed by atoms with Crippen molar-refractivity contribution in [1.82, 2.24) is 5.32 Å². The number of hydrogen-bond acceptors (Lipinski definition) is 2. The van der Waals surface area contributed by atoms with Gasteiger partial charge in [-0.3, -0.25) is 0 Å². The number of rotatable bonds is 4. The molecule has 0 aromatic heterocycles. The maximum Gasteiger partial charge on any atom is 0.0704 e. The zero-order valence-electron chi connectivity index (χ0n) is 7.34. The van der Waals surface area contributed by atoms with Gasteiger partial charge in [0.1, 0.15) is 0 Å². The van der Waals surface area contributed by atoms with E-state index in [1.807, 2.05) is 0 Å². The van der Waals surface area contributed by atoms with Crippen molar-refractivity contribution in [1.29, 1.82) is 0 Å². The highest BCUT2D eigenvalue weighted by Crippen LogP contribution is 2.16. The molecule has 0 spiro atoms. The molecule has 0 aromatic carbocycles. The maximum atomic E-state index is 9.43. The van der Waals surface area contributed by atoms with E-state index >= 15 is 0 Å². The lowest BCUT2D eigenvalue weighted by Gasteiger charge is -2.11. The molecule has 2 heteroatoms. The van der Waals surface area contributed by atoms with Gasteiger partial charge in [-0.25, -0.2) is 0 Å². The van der Waals surface area contributed by atoms with Crippen molar-refractivity contribution in [2.24, 2.45) is 5.92 Å². The summed E-state index contributed by atoms with van der Waals surface area (Å²) in [6.45, 7) is 4.03. The average Bonchev–Trinajstić information content (AvgIpc) is 2.37. The molecule has 1 heterocycles. The molecule has 1 saturated heterocycles. The second-order valence-corrected chi connectivity index (χ2v) is 3.48. The van der Waals surface area contributed by atoms with Crippen LogP contribution in [-0.2, 0) is 0 Å². The summed E-state index contributed by atoms with van der Waals surface area (Å²) >= 11 is 0. The van der Waals surface area contributed by atoms with Crippen LogP contribution < -0.4 is 5.32 Å². The van der Waals surface area contributed by atoms with Crippen LogP contribution >= 0.6 is 0 Å². The van der Waals surface area contributed by atoms with Crippen LogP contribution in [0.2, 0.25) is 0 Å². The van der Waals surface area contributed by atoms with Crippen LogP contribution in [-0.4, -0.2) is 24.3 Å². The Morgan fingerprint density at radius 1 is 1.36 bits per heavy atom. The monoisotopic (exact) mass is 157 g/mol. The van der Waals surface area contributed by atoms with Crippen molar-refractivity contribution in [2.75, 3.05) is 13.1 Å². The van der Waals surface area contributed by atoms with E-state index in [-0.39, 0.29) is 6.10 Å². The lowest BCUT2D eigenvalue weighted by Crippen LogP contribution is -2.17. The van der Waals surface area contributed by atoms with E-state index in [1.165, 1.54) is 25.7 Å². The molecular weight excluding hydrogens is 138 g/mol. The number of β-amino-alcohol motifs (C(OH)–C–C–N with tert-alkyl or cyclic N) is 1. The molecule has 0 amide bonds. The highest BCUT2D eigenvalue weighted by Gasteiger charge is 2.23. The number of hydrogen-bond donors (Lipinski definition) is 2. The zero-order valence-corrected chi connectivity index (χ0v) is 7.34. The minimum atomic E-state index is -0.0770. The third-order valence-electron chi connectivity index (χ3n) is 2.48. The van der Waals surface area contributed by atoms with Gasteiger partial charge in [-0.1, -0.05) is 26.2 Å². The molecule has 2 nitrogen and oxygen atoms in total. The van der Waals surface area contributed by atoms with Crippen LogP contribution in [0.1, 0.15) is 32.6 Å². The predicted molar refractivity (Wildman–Crippen MR) is 46.5 cm³/mol. The van der Waals surface area contributed by atoms with Gasteiger partial charge in [0.05, 0.1) is 6.10 Å². The molecule has 1 aliphatic heterocycles. The van der Waals surface area contributed by atoms with E-state index in [0.29, 0.717) is 5.92 Å². The Morgan fingerprint density at radius 2 is 2.18 bits per heavy atom. The summed E-state index contributed by atoms with van der Waals surface area (Å²) in [4.78, 5) is 0. The Balaban J connectivity index is 2.05. The topological polar surface area (TPSA) is 32.3 Å². The summed E-state index contributed by atoms with van der Waals surface area (Å²) in [5, 5.41) is 12.6. The van der Waals surface area contributed by atoms with Gasteiger partial charge in [-0.15, -0.1) is 0 Å². The van der Waals surface area contributed by atoms with Crippen LogP contribution in [0.5, 0.6) is 0 Å². The quantitative estimate of drug-likeness (QED) is 0.600. The fourth-order valence-corrected chi connectivity index (χ4v) is 1.67. The zero-order chi connectivity index (χ0) is 8.10. The smallest absolute Gasteiger partial charge is 0.0704 e. The molecule has 0 aliphatic carbocycles. The summed E-state index contributed by atoms with van der Waals surface area (Å²) in [5.41, 5.74) is 0. The maximum absolute atomic E-state index is 9.43. The van der Waals surface area contributed by atoms with Crippen LogP contribution in [0.15, 0.2) is 0 Å². The average molecular weight is 157 g/mol. The third kappa shape index (κ3) is 2.80. The molecule has 0 radical (unpaired) electrons. The first kappa shape index (κ1) is 9.01. The third-order valence-corrected chi connectivity index (χ3v) is 2.48. The molecule has 66 valence electrons. The molecule has 0 unspecified atom stereocenters. The van der Waals surface area contributed by atoms with Gasteiger partial charge in [-0.2, -0.15) is 0 Å². The molecule has 2 N–H and O–H groups in total. The highest BCUT2D eigenvalue weighted by molar-refractivity contribution is 4.79. The summed E-state index contributed by atoms with van der Waals surface area (Å²) in [5.74, 6) is 0.529. The lowest BCUT2D eigenvalue weighted by molar-refractivity contribution is 0.141. The van der Waals surface area contributed by atoms with Crippen LogP contribution in [0.25, 0.3) is 0 Å². The van der Waals surface area contributed by atoms with Gasteiger partial charge in [-0.05, 0) is 12.3 Å². The molecule has 11 heavy (non-hydrogen) atoms. The van der Waals surface area contributed by atoms with Crippen molar-refractivity contribution in [3.63, 3.8) is 0 Å². The van der Waals surface area contributed by atoms with Gasteiger partial charge in [0, 0.05) is 13.1 Å². The summed E-state index contributed by atoms with van der Waals surface area (Å²) in [7, 11) is 0. The Morgan fingerprint density at radius 3 is 2.73 bits per heavy atom. The van der Waals surface area contributed by atoms with Gasteiger partial charge >= 0.3 is 0 Å². The molecule has 1 fully saturated rings. The Bertz CT molecular complexity index is 106. The SMILES string of the molecule is CCCCC[C@@H]1CNC[C@H]1O. The predicted octanol–water partition coefficient (Wildman–Crippen LogP) is 1.15. The number of nitrogens with one attached hydrogen (secondary N) is 1. The Labute approximate surface area is 69.0 Å². The molecule has 0 saturated carbocycles. The molecule has 0 bridgehead atoms. The number of unbranched alkanes of at least 4 members (excludes halogenated alkanes) is 2. The molecule has 0 aromatic rings. The van der Waals surface area contributed by atoms with E-state index in [0.717, 1.165) is 13.1 Å². The van der Waals surface area contributed by atoms with E-state index in [2.05, 4.69) is 12.2 Å². The fourth-order valence-electron chi connectivity index (χ4n) is 1.67. The second-order valence-electron chi connectivity index (χ2n) is 3.48. The molecule has 1 aliphatic rings. The standard InChI is InChI=1S/C9H19NO/c1-2-3-4-5-8-6-10-7-9(8)11/h8-11H,2-7H2,1H3/t8-,9-/m1/s1. The Kier molecular flexibility index (Phi) is 3.87. The Hall–Kier alpha value is -0.0800. The molecule has 1 rings (SSSR count). The van der Waals surface area contributed by atoms with E-state index < -0.39 is 0 Å². The van der Waals surface area contributed by atoms with Crippen molar-refractivity contribution >= 4 is 0 Å². The normalized spacial score (nSPS) is 31.1. The summed E-state index contributed by atoms with van der Waals surface area (Å²) in [6, 6.07) is 0. The van der Waals surface area contributed by atoms with E-state index in [9.17, 15) is 5.11 Å². The van der Waals surface area contributed by atoms with Crippen molar-refractivity contribution < 1.29 is 5.11 Å². The first-order valence-electron chi connectivity index (χ1n) is 4.73. The second kappa shape index (κ2) is 4.73. The molecular formula is C9H19NO. The van der Waals surface area contributed by atoms with E-state index in [4.69, 9.17) is 0 Å². The van der Waals surface area contributed by atoms with Gasteiger partial charge in [0.2, 0.25) is 0 Å². The lowest BCUT2D eigenvalue weighted by atomic mass is 9.99. The van der Waals surface area contributed by atoms with Crippen molar-refractivity contribution in [2.45, 2.75) is 38.7 Å². The number of aliphatic hydroxyl groups excluding tert-OH is 1. The van der Waals surface area contributed by atoms with Gasteiger partial charge in [0.25, 0.3) is 0 Å².